The Morgan fingerprint density at radius 1 is 1.20 bits per heavy atom. The van der Waals surface area contributed by atoms with Gasteiger partial charge in [0.2, 0.25) is 0 Å². The monoisotopic (exact) mass is 274 g/mol. The van der Waals surface area contributed by atoms with Crippen molar-refractivity contribution in [1.29, 1.82) is 0 Å². The Bertz CT molecular complexity index is 474. The van der Waals surface area contributed by atoms with Gasteiger partial charge in [0.15, 0.2) is 0 Å². The predicted octanol–water partition coefficient (Wildman–Crippen LogP) is 4.25. The summed E-state index contributed by atoms with van der Waals surface area (Å²) in [6.07, 6.45) is 3.76. The van der Waals surface area contributed by atoms with Gasteiger partial charge in [-0.2, -0.15) is 0 Å². The van der Waals surface area contributed by atoms with Gasteiger partial charge in [-0.1, -0.05) is 29.8 Å². The Balaban J connectivity index is 1.67. The first-order chi connectivity index (χ1) is 9.38. The summed E-state index contributed by atoms with van der Waals surface area (Å²) in [5.41, 5.74) is 2.52. The molecule has 3 aliphatic rings. The molecule has 4 rings (SSSR count). The molecular weight excluding hydrogens is 248 g/mol. The number of hydrogen-bond acceptors (Lipinski definition) is 2. The molecule has 0 N–H and O–H groups in total. The van der Waals surface area contributed by atoms with E-state index in [-0.39, 0.29) is 11.2 Å². The minimum atomic E-state index is -0.0524. The van der Waals surface area contributed by atoms with Gasteiger partial charge in [-0.3, -0.25) is 0 Å². The SMILES string of the molecule is Cc1ccc(CO[C@H]2C[C@]3(C)CC[C@H]2C(C)(C)O3)cc1. The van der Waals surface area contributed by atoms with Gasteiger partial charge in [-0.25, -0.2) is 0 Å². The average Bonchev–Trinajstić information content (AvgIpc) is 2.36. The van der Waals surface area contributed by atoms with E-state index in [4.69, 9.17) is 9.47 Å². The molecule has 2 bridgehead atoms. The van der Waals surface area contributed by atoms with Crippen molar-refractivity contribution >= 4 is 0 Å². The maximum absolute atomic E-state index is 6.28. The van der Waals surface area contributed by atoms with Crippen molar-refractivity contribution in [3.63, 3.8) is 0 Å². The quantitative estimate of drug-likeness (QED) is 0.820. The average molecular weight is 274 g/mol. The maximum Gasteiger partial charge on any atom is 0.0720 e. The third kappa shape index (κ3) is 2.64. The van der Waals surface area contributed by atoms with E-state index in [1.54, 1.807) is 0 Å². The summed E-state index contributed by atoms with van der Waals surface area (Å²) in [6, 6.07) is 8.64. The molecule has 2 nitrogen and oxygen atoms in total. The lowest BCUT2D eigenvalue weighted by molar-refractivity contribution is -0.273. The fourth-order valence-corrected chi connectivity index (χ4v) is 3.98. The minimum absolute atomic E-state index is 0.0101. The van der Waals surface area contributed by atoms with Crippen molar-refractivity contribution in [2.24, 2.45) is 5.92 Å². The Labute approximate surface area is 122 Å². The van der Waals surface area contributed by atoms with E-state index >= 15 is 0 Å². The van der Waals surface area contributed by atoms with Crippen LogP contribution < -0.4 is 0 Å². The number of fused-ring (bicyclic) bond motifs is 3. The second-order valence-corrected chi connectivity index (χ2v) is 7.34. The van der Waals surface area contributed by atoms with E-state index in [0.29, 0.717) is 18.6 Å². The molecule has 1 aromatic rings. The van der Waals surface area contributed by atoms with E-state index in [1.807, 2.05) is 0 Å². The summed E-state index contributed by atoms with van der Waals surface area (Å²) in [7, 11) is 0. The lowest BCUT2D eigenvalue weighted by Gasteiger charge is -2.57. The van der Waals surface area contributed by atoms with Crippen LogP contribution in [-0.4, -0.2) is 17.3 Å². The highest BCUT2D eigenvalue weighted by atomic mass is 16.5. The van der Waals surface area contributed by atoms with Crippen molar-refractivity contribution in [3.8, 4) is 0 Å². The van der Waals surface area contributed by atoms with Gasteiger partial charge in [0.1, 0.15) is 0 Å². The molecule has 2 heteroatoms. The molecular formula is C18H26O2. The van der Waals surface area contributed by atoms with Gasteiger partial charge in [0.05, 0.1) is 23.9 Å². The Morgan fingerprint density at radius 2 is 1.90 bits per heavy atom. The molecule has 1 aromatic carbocycles. The topological polar surface area (TPSA) is 18.5 Å². The number of benzene rings is 1. The van der Waals surface area contributed by atoms with Gasteiger partial charge in [0.25, 0.3) is 0 Å². The largest absolute Gasteiger partial charge is 0.373 e. The zero-order valence-electron chi connectivity index (χ0n) is 13.1. The molecule has 3 atom stereocenters. The van der Waals surface area contributed by atoms with Crippen LogP contribution in [0.15, 0.2) is 24.3 Å². The predicted molar refractivity (Wildman–Crippen MR) is 80.7 cm³/mol. The number of ether oxygens (including phenoxy) is 2. The second-order valence-electron chi connectivity index (χ2n) is 7.34. The molecule has 0 unspecified atom stereocenters. The number of aryl methyl sites for hydroxylation is 1. The van der Waals surface area contributed by atoms with Crippen molar-refractivity contribution in [2.75, 3.05) is 0 Å². The van der Waals surface area contributed by atoms with E-state index in [9.17, 15) is 0 Å². The van der Waals surface area contributed by atoms with Gasteiger partial charge >= 0.3 is 0 Å². The summed E-state index contributed by atoms with van der Waals surface area (Å²) < 4.78 is 12.5. The third-order valence-corrected chi connectivity index (χ3v) is 5.05. The highest BCUT2D eigenvalue weighted by Gasteiger charge is 2.53. The van der Waals surface area contributed by atoms with Crippen LogP contribution in [0.25, 0.3) is 0 Å². The molecule has 1 saturated carbocycles. The zero-order valence-corrected chi connectivity index (χ0v) is 13.1. The number of hydrogen-bond donors (Lipinski definition) is 0. The Hall–Kier alpha value is -0.860. The van der Waals surface area contributed by atoms with E-state index in [1.165, 1.54) is 24.0 Å². The summed E-state index contributed by atoms with van der Waals surface area (Å²) in [4.78, 5) is 0. The lowest BCUT2D eigenvalue weighted by Crippen LogP contribution is -2.60. The Morgan fingerprint density at radius 3 is 2.50 bits per heavy atom. The first-order valence-electron chi connectivity index (χ1n) is 7.75. The molecule has 2 heterocycles. The third-order valence-electron chi connectivity index (χ3n) is 5.05. The fraction of sp³-hybridized carbons (Fsp3) is 0.667. The van der Waals surface area contributed by atoms with Crippen molar-refractivity contribution in [3.05, 3.63) is 35.4 Å². The van der Waals surface area contributed by atoms with Crippen LogP contribution in [0.1, 0.15) is 51.2 Å². The Kier molecular flexibility index (Phi) is 3.42. The molecule has 0 amide bonds. The van der Waals surface area contributed by atoms with Crippen LogP contribution in [-0.2, 0) is 16.1 Å². The van der Waals surface area contributed by atoms with Crippen LogP contribution in [0.2, 0.25) is 0 Å². The van der Waals surface area contributed by atoms with E-state index < -0.39 is 0 Å². The van der Waals surface area contributed by atoms with Crippen molar-refractivity contribution in [2.45, 2.75) is 70.9 Å². The van der Waals surface area contributed by atoms with E-state index in [0.717, 1.165) is 6.42 Å². The van der Waals surface area contributed by atoms with Crippen LogP contribution in [0.4, 0.5) is 0 Å². The highest BCUT2D eigenvalue weighted by molar-refractivity contribution is 5.20. The summed E-state index contributed by atoms with van der Waals surface area (Å²) in [5, 5.41) is 0. The van der Waals surface area contributed by atoms with Crippen LogP contribution in [0.3, 0.4) is 0 Å². The van der Waals surface area contributed by atoms with Crippen LogP contribution in [0.5, 0.6) is 0 Å². The number of rotatable bonds is 3. The molecule has 2 aliphatic heterocycles. The molecule has 0 aromatic heterocycles. The molecule has 1 aliphatic carbocycles. The fourth-order valence-electron chi connectivity index (χ4n) is 3.98. The maximum atomic E-state index is 6.28. The summed E-state index contributed by atoms with van der Waals surface area (Å²) in [6.45, 7) is 9.51. The van der Waals surface area contributed by atoms with Crippen LogP contribution >= 0.6 is 0 Å². The molecule has 3 fully saturated rings. The van der Waals surface area contributed by atoms with Crippen molar-refractivity contribution < 1.29 is 9.47 Å². The lowest BCUT2D eigenvalue weighted by atomic mass is 9.67. The molecule has 2 saturated heterocycles. The molecule has 20 heavy (non-hydrogen) atoms. The zero-order chi connectivity index (χ0) is 14.4. The molecule has 110 valence electrons. The highest BCUT2D eigenvalue weighted by Crippen LogP contribution is 2.50. The van der Waals surface area contributed by atoms with Crippen molar-refractivity contribution in [1.82, 2.24) is 0 Å². The van der Waals surface area contributed by atoms with E-state index in [2.05, 4.69) is 52.0 Å². The molecule has 0 radical (unpaired) electrons. The first kappa shape index (κ1) is 14.1. The smallest absolute Gasteiger partial charge is 0.0720 e. The minimum Gasteiger partial charge on any atom is -0.373 e. The summed E-state index contributed by atoms with van der Waals surface area (Å²) >= 11 is 0. The second kappa shape index (κ2) is 4.85. The molecule has 0 spiro atoms. The van der Waals surface area contributed by atoms with Gasteiger partial charge in [-0.05, 0) is 46.1 Å². The van der Waals surface area contributed by atoms with Crippen LogP contribution in [0, 0.1) is 12.8 Å². The van der Waals surface area contributed by atoms with Gasteiger partial charge < -0.3 is 9.47 Å². The normalized spacial score (nSPS) is 35.2. The van der Waals surface area contributed by atoms with Gasteiger partial charge in [0, 0.05) is 12.3 Å². The first-order valence-corrected chi connectivity index (χ1v) is 7.75. The summed E-state index contributed by atoms with van der Waals surface area (Å²) in [5.74, 6) is 0.523. The standard InChI is InChI=1S/C18H26O2/c1-13-5-7-14(8-6-13)12-19-16-11-18(4)10-9-15(16)17(2,3)20-18/h5-8,15-16H,9-12H2,1-4H3/t15-,16+,18+/m1/s1. The van der Waals surface area contributed by atoms with Gasteiger partial charge in [-0.15, -0.1) is 0 Å².